The number of thioether (sulfide) groups is 1. The number of nitriles is 1. The number of pyridine rings is 1. The van der Waals surface area contributed by atoms with E-state index in [9.17, 15) is 10.1 Å². The average Bonchev–Trinajstić information content (AvgIpc) is 2.97. The molecule has 39 heavy (non-hydrogen) atoms. The zero-order valence-electron chi connectivity index (χ0n) is 22.8. The summed E-state index contributed by atoms with van der Waals surface area (Å²) in [5.74, 6) is 0.0882. The predicted molar refractivity (Wildman–Crippen MR) is 160 cm³/mol. The van der Waals surface area contributed by atoms with Crippen molar-refractivity contribution in [1.29, 1.82) is 5.26 Å². The van der Waals surface area contributed by atoms with E-state index in [2.05, 4.69) is 19.1 Å². The van der Waals surface area contributed by atoms with Crippen LogP contribution in [-0.4, -0.2) is 36.4 Å². The molecule has 6 heteroatoms. The summed E-state index contributed by atoms with van der Waals surface area (Å²) in [7, 11) is 1.65. The standard InChI is InChI=1S/C33H33N3O2S/c1-5-25-18-12-13-23(2)32(25)36(24(3)21-38-4)31(37)22-39-33-29(20-34)28(26-14-8-6-9-15-26)19-30(35-33)27-16-10-7-11-17-27/h6-19,24H,5,21-22H2,1-4H3. The Labute approximate surface area is 235 Å². The number of benzene rings is 3. The third-order valence-electron chi connectivity index (χ3n) is 6.65. The fourth-order valence-electron chi connectivity index (χ4n) is 4.79. The molecular formula is C33H33N3O2S. The molecule has 0 aliphatic carbocycles. The molecule has 0 aliphatic rings. The Hall–Kier alpha value is -3.92. The van der Waals surface area contributed by atoms with Gasteiger partial charge in [0.05, 0.1) is 35.3 Å². The molecule has 0 fully saturated rings. The summed E-state index contributed by atoms with van der Waals surface area (Å²) in [6, 6.07) is 30.0. The predicted octanol–water partition coefficient (Wildman–Crippen LogP) is 7.32. The van der Waals surface area contributed by atoms with Crippen LogP contribution >= 0.6 is 11.8 Å². The second-order valence-electron chi connectivity index (χ2n) is 9.37. The molecule has 0 radical (unpaired) electrons. The second kappa shape index (κ2) is 13.2. The van der Waals surface area contributed by atoms with Gasteiger partial charge in [0.25, 0.3) is 0 Å². The highest BCUT2D eigenvalue weighted by atomic mass is 32.2. The third-order valence-corrected chi connectivity index (χ3v) is 7.61. The number of hydrogen-bond acceptors (Lipinski definition) is 5. The van der Waals surface area contributed by atoms with Crippen LogP contribution in [-0.2, 0) is 16.0 Å². The van der Waals surface area contributed by atoms with E-state index in [0.717, 1.165) is 45.6 Å². The highest BCUT2D eigenvalue weighted by Crippen LogP contribution is 2.35. The summed E-state index contributed by atoms with van der Waals surface area (Å²) in [5.41, 5.74) is 7.03. The van der Waals surface area contributed by atoms with Crippen molar-refractivity contribution in [2.24, 2.45) is 0 Å². The molecule has 198 valence electrons. The van der Waals surface area contributed by atoms with E-state index >= 15 is 0 Å². The zero-order valence-corrected chi connectivity index (χ0v) is 23.7. The number of hydrogen-bond donors (Lipinski definition) is 0. The summed E-state index contributed by atoms with van der Waals surface area (Å²) in [5, 5.41) is 10.8. The van der Waals surface area contributed by atoms with Gasteiger partial charge in [-0.15, -0.1) is 0 Å². The highest BCUT2D eigenvalue weighted by molar-refractivity contribution is 8.00. The normalized spacial score (nSPS) is 11.6. The van der Waals surface area contributed by atoms with Gasteiger partial charge in [-0.05, 0) is 43.0 Å². The molecule has 0 aliphatic heterocycles. The first-order chi connectivity index (χ1) is 19.0. The minimum absolute atomic E-state index is 0.0504. The van der Waals surface area contributed by atoms with E-state index in [1.165, 1.54) is 11.8 Å². The van der Waals surface area contributed by atoms with Gasteiger partial charge in [-0.1, -0.05) is 97.5 Å². The van der Waals surface area contributed by atoms with Gasteiger partial charge in [0.1, 0.15) is 11.1 Å². The van der Waals surface area contributed by atoms with Gasteiger partial charge in [0.15, 0.2) is 0 Å². The topological polar surface area (TPSA) is 66.2 Å². The van der Waals surface area contributed by atoms with Crippen molar-refractivity contribution in [3.8, 4) is 28.5 Å². The van der Waals surface area contributed by atoms with E-state index in [-0.39, 0.29) is 17.7 Å². The largest absolute Gasteiger partial charge is 0.383 e. The van der Waals surface area contributed by atoms with Crippen LogP contribution in [0.3, 0.4) is 0 Å². The van der Waals surface area contributed by atoms with Crippen molar-refractivity contribution in [2.45, 2.75) is 38.3 Å². The van der Waals surface area contributed by atoms with Gasteiger partial charge in [0.2, 0.25) is 5.91 Å². The van der Waals surface area contributed by atoms with E-state index in [1.54, 1.807) is 7.11 Å². The van der Waals surface area contributed by atoms with Crippen LogP contribution in [0.2, 0.25) is 0 Å². The first-order valence-electron chi connectivity index (χ1n) is 13.1. The maximum atomic E-state index is 13.9. The number of rotatable bonds is 10. The second-order valence-corrected chi connectivity index (χ2v) is 10.3. The van der Waals surface area contributed by atoms with Gasteiger partial charge in [-0.25, -0.2) is 4.98 Å². The van der Waals surface area contributed by atoms with Crippen molar-refractivity contribution in [3.63, 3.8) is 0 Å². The molecule has 1 amide bonds. The lowest BCUT2D eigenvalue weighted by Gasteiger charge is -2.32. The molecule has 3 aromatic carbocycles. The Kier molecular flexibility index (Phi) is 9.54. The minimum atomic E-state index is -0.159. The Morgan fingerprint density at radius 2 is 1.69 bits per heavy atom. The zero-order chi connectivity index (χ0) is 27.8. The highest BCUT2D eigenvalue weighted by Gasteiger charge is 2.26. The van der Waals surface area contributed by atoms with Crippen LogP contribution in [0.5, 0.6) is 0 Å². The smallest absolute Gasteiger partial charge is 0.237 e. The number of aromatic nitrogens is 1. The fourth-order valence-corrected chi connectivity index (χ4v) is 5.65. The number of carbonyl (C=O) groups excluding carboxylic acids is 1. The van der Waals surface area contributed by atoms with Crippen molar-refractivity contribution < 1.29 is 9.53 Å². The molecule has 0 saturated carbocycles. The van der Waals surface area contributed by atoms with Crippen LogP contribution < -0.4 is 4.90 Å². The summed E-state index contributed by atoms with van der Waals surface area (Å²) < 4.78 is 5.44. The van der Waals surface area contributed by atoms with Gasteiger partial charge in [-0.2, -0.15) is 5.26 Å². The maximum Gasteiger partial charge on any atom is 0.237 e. The number of methoxy groups -OCH3 is 1. The molecule has 0 spiro atoms. The molecule has 1 heterocycles. The van der Waals surface area contributed by atoms with Crippen LogP contribution in [0.4, 0.5) is 5.69 Å². The number of ether oxygens (including phenoxy) is 1. The maximum absolute atomic E-state index is 13.9. The van der Waals surface area contributed by atoms with E-state index < -0.39 is 0 Å². The molecule has 4 rings (SSSR count). The molecular weight excluding hydrogens is 502 g/mol. The van der Waals surface area contributed by atoms with Crippen LogP contribution in [0.25, 0.3) is 22.4 Å². The molecule has 0 bridgehead atoms. The molecule has 1 unspecified atom stereocenters. The van der Waals surface area contributed by atoms with E-state index in [4.69, 9.17) is 9.72 Å². The third kappa shape index (κ3) is 6.39. The average molecular weight is 536 g/mol. The number of nitrogens with zero attached hydrogens (tertiary/aromatic N) is 3. The summed E-state index contributed by atoms with van der Waals surface area (Å²) in [6.07, 6.45) is 0.813. The molecule has 5 nitrogen and oxygen atoms in total. The Morgan fingerprint density at radius 1 is 1.03 bits per heavy atom. The number of anilines is 1. The SMILES string of the molecule is CCc1cccc(C)c1N(C(=O)CSc1nc(-c2ccccc2)cc(-c2ccccc2)c1C#N)C(C)COC. The van der Waals surface area contributed by atoms with Gasteiger partial charge in [-0.3, -0.25) is 4.79 Å². The van der Waals surface area contributed by atoms with Crippen molar-refractivity contribution in [3.05, 3.63) is 102 Å². The Morgan fingerprint density at radius 3 is 2.31 bits per heavy atom. The molecule has 1 atom stereocenters. The number of amides is 1. The molecule has 1 aromatic heterocycles. The van der Waals surface area contributed by atoms with Crippen molar-refractivity contribution in [2.75, 3.05) is 24.4 Å². The fraction of sp³-hybridized carbons (Fsp3) is 0.242. The monoisotopic (exact) mass is 535 g/mol. The number of aryl methyl sites for hydroxylation is 2. The first-order valence-corrected chi connectivity index (χ1v) is 14.0. The van der Waals surface area contributed by atoms with Crippen LogP contribution in [0.15, 0.2) is 90.0 Å². The lowest BCUT2D eigenvalue weighted by Crippen LogP contribution is -2.43. The Bertz CT molecular complexity index is 1470. The van der Waals surface area contributed by atoms with Crippen LogP contribution in [0.1, 0.15) is 30.5 Å². The molecule has 0 saturated heterocycles. The van der Waals surface area contributed by atoms with Crippen molar-refractivity contribution >= 4 is 23.4 Å². The van der Waals surface area contributed by atoms with Gasteiger partial charge >= 0.3 is 0 Å². The quantitative estimate of drug-likeness (QED) is 0.199. The summed E-state index contributed by atoms with van der Waals surface area (Å²) in [4.78, 5) is 20.6. The van der Waals surface area contributed by atoms with Crippen LogP contribution in [0, 0.1) is 18.3 Å². The lowest BCUT2D eigenvalue weighted by atomic mass is 9.99. The van der Waals surface area contributed by atoms with E-state index in [0.29, 0.717) is 17.2 Å². The van der Waals surface area contributed by atoms with Gasteiger partial charge in [0, 0.05) is 18.2 Å². The Balaban J connectivity index is 1.75. The lowest BCUT2D eigenvalue weighted by molar-refractivity contribution is -0.116. The van der Waals surface area contributed by atoms with Gasteiger partial charge < -0.3 is 9.64 Å². The first kappa shape index (κ1) is 28.1. The number of para-hydroxylation sites is 1. The van der Waals surface area contributed by atoms with Crippen molar-refractivity contribution in [1.82, 2.24) is 4.98 Å². The summed E-state index contributed by atoms with van der Waals surface area (Å²) >= 11 is 1.31. The molecule has 4 aromatic rings. The minimum Gasteiger partial charge on any atom is -0.383 e. The summed E-state index contributed by atoms with van der Waals surface area (Å²) in [6.45, 7) is 6.55. The molecule has 0 N–H and O–H groups in total. The van der Waals surface area contributed by atoms with E-state index in [1.807, 2.05) is 97.6 Å². The number of carbonyl (C=O) groups is 1.